The molecule has 96 valence electrons. The fourth-order valence-corrected chi connectivity index (χ4v) is 2.33. The maximum absolute atomic E-state index is 10.2. The average molecular weight is 252 g/mol. The molecule has 0 spiro atoms. The standard InChI is InChI=1S/C16H16N2O/c19-14(10-13-6-2-1-3-7-13)11-18-12-17-15-8-4-5-9-16(15)18/h1-9,12,14,19H,10-11H2. The Labute approximate surface area is 112 Å². The SMILES string of the molecule is OC(Cc1ccccc1)Cn1cnc2ccccc21. The van der Waals surface area contributed by atoms with E-state index in [4.69, 9.17) is 0 Å². The van der Waals surface area contributed by atoms with Crippen LogP contribution >= 0.6 is 0 Å². The fourth-order valence-electron chi connectivity index (χ4n) is 2.33. The van der Waals surface area contributed by atoms with Crippen LogP contribution in [0.2, 0.25) is 0 Å². The number of aliphatic hydroxyl groups excluding tert-OH is 1. The largest absolute Gasteiger partial charge is 0.391 e. The minimum absolute atomic E-state index is 0.403. The van der Waals surface area contributed by atoms with E-state index in [9.17, 15) is 5.11 Å². The van der Waals surface area contributed by atoms with E-state index in [0.29, 0.717) is 13.0 Å². The highest BCUT2D eigenvalue weighted by atomic mass is 16.3. The van der Waals surface area contributed by atoms with Gasteiger partial charge in [0.05, 0.1) is 30.0 Å². The van der Waals surface area contributed by atoms with Gasteiger partial charge >= 0.3 is 0 Å². The van der Waals surface area contributed by atoms with Gasteiger partial charge in [0.25, 0.3) is 0 Å². The first-order valence-corrected chi connectivity index (χ1v) is 6.45. The zero-order chi connectivity index (χ0) is 13.1. The highest BCUT2D eigenvalue weighted by Crippen LogP contribution is 2.13. The molecule has 1 heterocycles. The third kappa shape index (κ3) is 2.66. The Kier molecular flexibility index (Phi) is 3.29. The Morgan fingerprint density at radius 1 is 1.00 bits per heavy atom. The molecule has 0 bridgehead atoms. The van der Waals surface area contributed by atoms with Gasteiger partial charge in [-0.15, -0.1) is 0 Å². The lowest BCUT2D eigenvalue weighted by Gasteiger charge is -2.12. The molecule has 0 radical (unpaired) electrons. The quantitative estimate of drug-likeness (QED) is 0.775. The number of rotatable bonds is 4. The van der Waals surface area contributed by atoms with Crippen molar-refractivity contribution in [3.8, 4) is 0 Å². The van der Waals surface area contributed by atoms with Crippen molar-refractivity contribution >= 4 is 11.0 Å². The van der Waals surface area contributed by atoms with Crippen LogP contribution in [0.1, 0.15) is 5.56 Å². The first kappa shape index (κ1) is 11.9. The third-order valence-electron chi connectivity index (χ3n) is 3.25. The maximum atomic E-state index is 10.2. The second-order valence-corrected chi connectivity index (χ2v) is 4.73. The number of imidazole rings is 1. The zero-order valence-electron chi connectivity index (χ0n) is 10.6. The van der Waals surface area contributed by atoms with Crippen LogP contribution in [0.5, 0.6) is 0 Å². The van der Waals surface area contributed by atoms with E-state index in [0.717, 1.165) is 16.6 Å². The summed E-state index contributed by atoms with van der Waals surface area (Å²) in [6.07, 6.45) is 2.05. The molecule has 0 saturated carbocycles. The zero-order valence-corrected chi connectivity index (χ0v) is 10.6. The molecule has 0 saturated heterocycles. The molecule has 1 N–H and O–H groups in total. The molecule has 3 nitrogen and oxygen atoms in total. The van der Waals surface area contributed by atoms with Crippen LogP contribution in [0.3, 0.4) is 0 Å². The van der Waals surface area contributed by atoms with Crippen LogP contribution in [-0.4, -0.2) is 20.8 Å². The Morgan fingerprint density at radius 2 is 1.74 bits per heavy atom. The molecule has 0 aliphatic carbocycles. The number of aliphatic hydroxyl groups is 1. The van der Waals surface area contributed by atoms with E-state index in [2.05, 4.69) is 4.98 Å². The number of hydrogen-bond donors (Lipinski definition) is 1. The van der Waals surface area contributed by atoms with Crippen molar-refractivity contribution in [2.75, 3.05) is 0 Å². The molecule has 0 aliphatic heterocycles. The normalized spacial score (nSPS) is 12.7. The second kappa shape index (κ2) is 5.24. The van der Waals surface area contributed by atoms with Crippen LogP contribution in [0.25, 0.3) is 11.0 Å². The number of benzene rings is 2. The lowest BCUT2D eigenvalue weighted by Crippen LogP contribution is -2.18. The molecule has 1 unspecified atom stereocenters. The summed E-state index contributed by atoms with van der Waals surface area (Å²) >= 11 is 0. The van der Waals surface area contributed by atoms with Gasteiger partial charge in [0.1, 0.15) is 0 Å². The van der Waals surface area contributed by atoms with Gasteiger partial charge in [-0.05, 0) is 17.7 Å². The van der Waals surface area contributed by atoms with Gasteiger partial charge in [-0.2, -0.15) is 0 Å². The van der Waals surface area contributed by atoms with Gasteiger partial charge in [-0.25, -0.2) is 4.98 Å². The summed E-state index contributed by atoms with van der Waals surface area (Å²) in [5.41, 5.74) is 3.18. The second-order valence-electron chi connectivity index (χ2n) is 4.73. The molecule has 3 heteroatoms. The van der Waals surface area contributed by atoms with Gasteiger partial charge in [0.15, 0.2) is 0 Å². The number of fused-ring (bicyclic) bond motifs is 1. The smallest absolute Gasteiger partial charge is 0.0959 e. The van der Waals surface area contributed by atoms with Crippen LogP contribution in [0.15, 0.2) is 60.9 Å². The molecule has 1 aromatic heterocycles. The summed E-state index contributed by atoms with van der Waals surface area (Å²) in [4.78, 5) is 4.33. The fraction of sp³-hybridized carbons (Fsp3) is 0.188. The number of nitrogens with zero attached hydrogens (tertiary/aromatic N) is 2. The van der Waals surface area contributed by atoms with E-state index in [1.807, 2.05) is 59.2 Å². The molecule has 0 aliphatic rings. The molecule has 2 aromatic carbocycles. The summed E-state index contributed by atoms with van der Waals surface area (Å²) < 4.78 is 2.00. The van der Waals surface area contributed by atoms with E-state index in [-0.39, 0.29) is 0 Å². The number of aromatic nitrogens is 2. The van der Waals surface area contributed by atoms with Crippen molar-refractivity contribution in [3.05, 3.63) is 66.5 Å². The first-order valence-electron chi connectivity index (χ1n) is 6.45. The third-order valence-corrected chi connectivity index (χ3v) is 3.25. The van der Waals surface area contributed by atoms with Gasteiger partial charge < -0.3 is 9.67 Å². The lowest BCUT2D eigenvalue weighted by atomic mass is 10.1. The van der Waals surface area contributed by atoms with Crippen LogP contribution in [-0.2, 0) is 13.0 Å². The molecular formula is C16H16N2O. The Bertz CT molecular complexity index is 661. The van der Waals surface area contributed by atoms with E-state index in [1.54, 1.807) is 6.33 Å². The van der Waals surface area contributed by atoms with Crippen molar-refractivity contribution in [3.63, 3.8) is 0 Å². The van der Waals surface area contributed by atoms with E-state index >= 15 is 0 Å². The predicted octanol–water partition coefficient (Wildman–Crippen LogP) is 2.64. The predicted molar refractivity (Wildman–Crippen MR) is 75.9 cm³/mol. The summed E-state index contributed by atoms with van der Waals surface area (Å²) in [6.45, 7) is 0.565. The first-order chi connectivity index (χ1) is 9.33. The summed E-state index contributed by atoms with van der Waals surface area (Å²) in [5.74, 6) is 0. The minimum atomic E-state index is -0.403. The summed E-state index contributed by atoms with van der Waals surface area (Å²) in [6, 6.07) is 18.0. The van der Waals surface area contributed by atoms with Crippen LogP contribution in [0, 0.1) is 0 Å². The maximum Gasteiger partial charge on any atom is 0.0959 e. The Balaban J connectivity index is 1.74. The van der Waals surface area contributed by atoms with Crippen molar-refractivity contribution < 1.29 is 5.11 Å². The minimum Gasteiger partial charge on any atom is -0.391 e. The molecule has 0 amide bonds. The Hall–Kier alpha value is -2.13. The van der Waals surface area contributed by atoms with Crippen molar-refractivity contribution in [1.82, 2.24) is 9.55 Å². The average Bonchev–Trinajstić information content (AvgIpc) is 2.83. The van der Waals surface area contributed by atoms with Gasteiger partial charge in [-0.3, -0.25) is 0 Å². The van der Waals surface area contributed by atoms with Crippen molar-refractivity contribution in [1.29, 1.82) is 0 Å². The van der Waals surface area contributed by atoms with Gasteiger partial charge in [-0.1, -0.05) is 42.5 Å². The number of para-hydroxylation sites is 2. The monoisotopic (exact) mass is 252 g/mol. The van der Waals surface area contributed by atoms with Crippen molar-refractivity contribution in [2.45, 2.75) is 19.1 Å². The topological polar surface area (TPSA) is 38.0 Å². The lowest BCUT2D eigenvalue weighted by molar-refractivity contribution is 0.155. The van der Waals surface area contributed by atoms with Crippen LogP contribution < -0.4 is 0 Å². The highest BCUT2D eigenvalue weighted by Gasteiger charge is 2.08. The van der Waals surface area contributed by atoms with Crippen LogP contribution in [0.4, 0.5) is 0 Å². The van der Waals surface area contributed by atoms with E-state index in [1.165, 1.54) is 0 Å². The molecular weight excluding hydrogens is 236 g/mol. The Morgan fingerprint density at radius 3 is 2.58 bits per heavy atom. The van der Waals surface area contributed by atoms with Gasteiger partial charge in [0.2, 0.25) is 0 Å². The summed E-state index contributed by atoms with van der Waals surface area (Å²) in [5, 5.41) is 10.2. The molecule has 3 aromatic rings. The summed E-state index contributed by atoms with van der Waals surface area (Å²) in [7, 11) is 0. The molecule has 3 rings (SSSR count). The van der Waals surface area contributed by atoms with Crippen molar-refractivity contribution in [2.24, 2.45) is 0 Å². The molecule has 19 heavy (non-hydrogen) atoms. The molecule has 1 atom stereocenters. The van der Waals surface area contributed by atoms with E-state index < -0.39 is 6.10 Å². The number of hydrogen-bond acceptors (Lipinski definition) is 2. The highest BCUT2D eigenvalue weighted by molar-refractivity contribution is 5.74. The molecule has 0 fully saturated rings. The van der Waals surface area contributed by atoms with Gasteiger partial charge in [0, 0.05) is 6.42 Å².